The molecule has 0 aromatic heterocycles. The molecule has 0 aliphatic carbocycles. The van der Waals surface area contributed by atoms with Crippen molar-refractivity contribution in [3.05, 3.63) is 29.6 Å². The molecule has 0 bridgehead atoms. The van der Waals surface area contributed by atoms with Crippen molar-refractivity contribution in [3.8, 4) is 0 Å². The van der Waals surface area contributed by atoms with E-state index in [9.17, 15) is 4.39 Å². The minimum Gasteiger partial charge on any atom is -0.396 e. The second kappa shape index (κ2) is 3.54. The fourth-order valence-corrected chi connectivity index (χ4v) is 1.03. The van der Waals surface area contributed by atoms with Gasteiger partial charge in [0.1, 0.15) is 5.82 Å². The van der Waals surface area contributed by atoms with Gasteiger partial charge in [-0.1, -0.05) is 13.0 Å². The predicted molar refractivity (Wildman–Crippen MR) is 48.0 cm³/mol. The van der Waals surface area contributed by atoms with Gasteiger partial charge in [-0.05, 0) is 24.1 Å². The number of anilines is 1. The van der Waals surface area contributed by atoms with Gasteiger partial charge in [-0.15, -0.1) is 0 Å². The van der Waals surface area contributed by atoms with Crippen LogP contribution < -0.4 is 11.5 Å². The number of benzene rings is 1. The zero-order valence-corrected chi connectivity index (χ0v) is 7.05. The Balaban J connectivity index is 2.96. The number of rotatable bonds is 2. The quantitative estimate of drug-likeness (QED) is 0.662. The third kappa shape index (κ3) is 1.74. The van der Waals surface area contributed by atoms with E-state index in [-0.39, 0.29) is 17.5 Å². The first-order valence-corrected chi connectivity index (χ1v) is 3.95. The fraction of sp³-hybridized carbons (Fsp3) is 0.333. The summed E-state index contributed by atoms with van der Waals surface area (Å²) >= 11 is 0. The maximum absolute atomic E-state index is 12.7. The van der Waals surface area contributed by atoms with E-state index in [2.05, 4.69) is 0 Å². The average Bonchev–Trinajstić information content (AvgIpc) is 2.08. The largest absolute Gasteiger partial charge is 0.396 e. The van der Waals surface area contributed by atoms with Crippen molar-refractivity contribution in [2.45, 2.75) is 19.4 Å². The Kier molecular flexibility index (Phi) is 2.65. The summed E-state index contributed by atoms with van der Waals surface area (Å²) in [4.78, 5) is 0. The van der Waals surface area contributed by atoms with E-state index in [1.165, 1.54) is 6.07 Å². The monoisotopic (exact) mass is 168 g/mol. The van der Waals surface area contributed by atoms with Gasteiger partial charge in [0.05, 0.1) is 5.69 Å². The second-order valence-electron chi connectivity index (χ2n) is 2.80. The highest BCUT2D eigenvalue weighted by Crippen LogP contribution is 2.18. The van der Waals surface area contributed by atoms with E-state index in [1.807, 2.05) is 6.92 Å². The number of hydrogen-bond donors (Lipinski definition) is 2. The molecule has 1 rings (SSSR count). The van der Waals surface area contributed by atoms with Crippen LogP contribution in [0.4, 0.5) is 10.1 Å². The third-order valence-corrected chi connectivity index (χ3v) is 1.89. The molecule has 0 aliphatic heterocycles. The molecule has 2 nitrogen and oxygen atoms in total. The molecule has 66 valence electrons. The predicted octanol–water partition coefficient (Wildman–Crippen LogP) is 1.82. The summed E-state index contributed by atoms with van der Waals surface area (Å²) in [6.45, 7) is 1.98. The molecule has 0 radical (unpaired) electrons. The molecule has 0 fully saturated rings. The number of halogens is 1. The molecule has 0 amide bonds. The van der Waals surface area contributed by atoms with Gasteiger partial charge in [0.25, 0.3) is 0 Å². The number of hydrogen-bond acceptors (Lipinski definition) is 2. The summed E-state index contributed by atoms with van der Waals surface area (Å²) in [5.41, 5.74) is 12.2. The van der Waals surface area contributed by atoms with E-state index in [0.29, 0.717) is 0 Å². The van der Waals surface area contributed by atoms with Crippen molar-refractivity contribution >= 4 is 5.69 Å². The topological polar surface area (TPSA) is 52.0 Å². The summed E-state index contributed by atoms with van der Waals surface area (Å²) in [5, 5.41) is 0. The Morgan fingerprint density at radius 3 is 2.67 bits per heavy atom. The third-order valence-electron chi connectivity index (χ3n) is 1.89. The van der Waals surface area contributed by atoms with Crippen molar-refractivity contribution in [3.63, 3.8) is 0 Å². The lowest BCUT2D eigenvalue weighted by Crippen LogP contribution is -2.09. The summed E-state index contributed by atoms with van der Waals surface area (Å²) < 4.78 is 12.7. The second-order valence-corrected chi connectivity index (χ2v) is 2.80. The first-order valence-electron chi connectivity index (χ1n) is 3.95. The van der Waals surface area contributed by atoms with Gasteiger partial charge in [-0.3, -0.25) is 0 Å². The van der Waals surface area contributed by atoms with Crippen LogP contribution in [-0.4, -0.2) is 0 Å². The Hall–Kier alpha value is -1.09. The van der Waals surface area contributed by atoms with Gasteiger partial charge in [0, 0.05) is 6.04 Å². The van der Waals surface area contributed by atoms with Crippen molar-refractivity contribution in [2.24, 2.45) is 5.73 Å². The standard InChI is InChI=1S/C9H13FN2/c1-2-8(11)6-3-4-7(10)9(12)5-6/h3-5,8H,2,11-12H2,1H3/t8-/m1/s1. The average molecular weight is 168 g/mol. The lowest BCUT2D eigenvalue weighted by atomic mass is 10.1. The van der Waals surface area contributed by atoms with Crippen LogP contribution in [0.25, 0.3) is 0 Å². The van der Waals surface area contributed by atoms with Crippen molar-refractivity contribution < 1.29 is 4.39 Å². The maximum atomic E-state index is 12.7. The normalized spacial score (nSPS) is 12.9. The minimum absolute atomic E-state index is 0.0482. The summed E-state index contributed by atoms with van der Waals surface area (Å²) in [7, 11) is 0. The molecule has 4 N–H and O–H groups in total. The SMILES string of the molecule is CC[C@@H](N)c1ccc(F)c(N)c1. The van der Waals surface area contributed by atoms with Crippen LogP contribution in [0.1, 0.15) is 24.9 Å². The molecule has 0 heterocycles. The Bertz CT molecular complexity index is 273. The molecule has 0 aliphatic rings. The van der Waals surface area contributed by atoms with Gasteiger partial charge in [-0.2, -0.15) is 0 Å². The molecular weight excluding hydrogens is 155 g/mol. The molecule has 1 aromatic rings. The van der Waals surface area contributed by atoms with Crippen LogP contribution in [0.3, 0.4) is 0 Å². The Labute approximate surface area is 71.4 Å². The Morgan fingerprint density at radius 2 is 2.17 bits per heavy atom. The molecule has 1 aromatic carbocycles. The van der Waals surface area contributed by atoms with Crippen LogP contribution in [0, 0.1) is 5.82 Å². The molecule has 12 heavy (non-hydrogen) atoms. The van der Waals surface area contributed by atoms with Gasteiger partial charge >= 0.3 is 0 Å². The van der Waals surface area contributed by atoms with Gasteiger partial charge < -0.3 is 11.5 Å². The highest BCUT2D eigenvalue weighted by molar-refractivity contribution is 5.43. The first-order chi connectivity index (χ1) is 5.65. The fourth-order valence-electron chi connectivity index (χ4n) is 1.03. The number of nitrogen functional groups attached to an aromatic ring is 1. The molecule has 0 spiro atoms. The highest BCUT2D eigenvalue weighted by Gasteiger charge is 2.05. The van der Waals surface area contributed by atoms with E-state index in [0.717, 1.165) is 12.0 Å². The van der Waals surface area contributed by atoms with E-state index in [4.69, 9.17) is 11.5 Å². The lowest BCUT2D eigenvalue weighted by Gasteiger charge is -2.09. The van der Waals surface area contributed by atoms with Crippen LogP contribution >= 0.6 is 0 Å². The van der Waals surface area contributed by atoms with Crippen LogP contribution in [0.15, 0.2) is 18.2 Å². The highest BCUT2D eigenvalue weighted by atomic mass is 19.1. The molecule has 0 saturated carbocycles. The molecule has 3 heteroatoms. The van der Waals surface area contributed by atoms with E-state index < -0.39 is 0 Å². The summed E-state index contributed by atoms with van der Waals surface area (Å²) in [5.74, 6) is -0.387. The van der Waals surface area contributed by atoms with Crippen LogP contribution in [-0.2, 0) is 0 Å². The van der Waals surface area contributed by atoms with Crippen LogP contribution in [0.5, 0.6) is 0 Å². The van der Waals surface area contributed by atoms with Crippen LogP contribution in [0.2, 0.25) is 0 Å². The zero-order valence-electron chi connectivity index (χ0n) is 7.05. The van der Waals surface area contributed by atoms with Crippen molar-refractivity contribution in [1.82, 2.24) is 0 Å². The minimum atomic E-state index is -0.387. The molecule has 1 atom stereocenters. The smallest absolute Gasteiger partial charge is 0.146 e. The summed E-state index contributed by atoms with van der Waals surface area (Å²) in [6, 6.07) is 4.55. The molecule has 0 unspecified atom stereocenters. The zero-order chi connectivity index (χ0) is 9.14. The maximum Gasteiger partial charge on any atom is 0.146 e. The lowest BCUT2D eigenvalue weighted by molar-refractivity contribution is 0.628. The van der Waals surface area contributed by atoms with Gasteiger partial charge in [0.15, 0.2) is 0 Å². The first kappa shape index (κ1) is 9.00. The van der Waals surface area contributed by atoms with Crippen molar-refractivity contribution in [1.29, 1.82) is 0 Å². The van der Waals surface area contributed by atoms with E-state index >= 15 is 0 Å². The van der Waals surface area contributed by atoms with Gasteiger partial charge in [-0.25, -0.2) is 4.39 Å². The summed E-state index contributed by atoms with van der Waals surface area (Å²) in [6.07, 6.45) is 0.824. The van der Waals surface area contributed by atoms with Crippen molar-refractivity contribution in [2.75, 3.05) is 5.73 Å². The number of nitrogens with two attached hydrogens (primary N) is 2. The Morgan fingerprint density at radius 1 is 1.50 bits per heavy atom. The molecule has 0 saturated heterocycles. The molecular formula is C9H13FN2. The van der Waals surface area contributed by atoms with E-state index in [1.54, 1.807) is 12.1 Å². The van der Waals surface area contributed by atoms with Gasteiger partial charge in [0.2, 0.25) is 0 Å².